The molecule has 114 valence electrons. The van der Waals surface area contributed by atoms with E-state index in [1.165, 1.54) is 5.56 Å². The maximum Gasteiger partial charge on any atom is 0.355 e. The van der Waals surface area contributed by atoms with Crippen molar-refractivity contribution in [3.8, 4) is 6.07 Å². The molecule has 1 aromatic carbocycles. The summed E-state index contributed by atoms with van der Waals surface area (Å²) in [5, 5.41) is 10.7. The van der Waals surface area contributed by atoms with Crippen molar-refractivity contribution in [2.75, 3.05) is 6.61 Å². The van der Waals surface area contributed by atoms with Gasteiger partial charge in [-0.25, -0.2) is 4.79 Å². The SMILES string of the molecule is CCOC(=O)c1cc2ccc(CC)cc2n1C1(C#N)CCC1. The lowest BCUT2D eigenvalue weighted by Crippen LogP contribution is -2.40. The summed E-state index contributed by atoms with van der Waals surface area (Å²) in [6.07, 6.45) is 3.52. The molecule has 4 heteroatoms. The molecule has 22 heavy (non-hydrogen) atoms. The van der Waals surface area contributed by atoms with Gasteiger partial charge in [-0.15, -0.1) is 0 Å². The molecule has 0 aliphatic heterocycles. The van der Waals surface area contributed by atoms with Gasteiger partial charge in [-0.3, -0.25) is 0 Å². The van der Waals surface area contributed by atoms with E-state index < -0.39 is 5.54 Å². The monoisotopic (exact) mass is 296 g/mol. The third-order valence-corrected chi connectivity index (χ3v) is 4.58. The number of carbonyl (C=O) groups excluding carboxylic acids is 1. The van der Waals surface area contributed by atoms with Gasteiger partial charge in [-0.05, 0) is 50.3 Å². The molecule has 1 heterocycles. The quantitative estimate of drug-likeness (QED) is 0.807. The van der Waals surface area contributed by atoms with E-state index in [0.717, 1.165) is 36.6 Å². The average molecular weight is 296 g/mol. The van der Waals surface area contributed by atoms with Crippen LogP contribution in [-0.2, 0) is 16.7 Å². The highest BCUT2D eigenvalue weighted by atomic mass is 16.5. The summed E-state index contributed by atoms with van der Waals surface area (Å²) in [7, 11) is 0. The van der Waals surface area contributed by atoms with E-state index in [2.05, 4.69) is 25.1 Å². The van der Waals surface area contributed by atoms with Crippen LogP contribution in [0, 0.1) is 11.3 Å². The van der Waals surface area contributed by atoms with Gasteiger partial charge in [0, 0.05) is 5.39 Å². The van der Waals surface area contributed by atoms with Crippen molar-refractivity contribution in [2.24, 2.45) is 0 Å². The van der Waals surface area contributed by atoms with Gasteiger partial charge in [0.05, 0.1) is 18.2 Å². The Labute approximate surface area is 130 Å². The first-order valence-corrected chi connectivity index (χ1v) is 7.88. The molecule has 0 saturated heterocycles. The molecule has 4 nitrogen and oxygen atoms in total. The first-order valence-electron chi connectivity index (χ1n) is 7.88. The van der Waals surface area contributed by atoms with Crippen molar-refractivity contribution in [3.05, 3.63) is 35.5 Å². The fourth-order valence-electron chi connectivity index (χ4n) is 3.18. The Morgan fingerprint density at radius 2 is 2.14 bits per heavy atom. The molecule has 3 rings (SSSR count). The summed E-state index contributed by atoms with van der Waals surface area (Å²) in [5.74, 6) is -0.349. The number of hydrogen-bond acceptors (Lipinski definition) is 3. The first kappa shape index (κ1) is 14.6. The number of nitriles is 1. The second-order valence-corrected chi connectivity index (χ2v) is 5.83. The van der Waals surface area contributed by atoms with Gasteiger partial charge in [-0.1, -0.05) is 19.1 Å². The standard InChI is InChI=1S/C18H20N2O2/c1-3-13-6-7-14-11-16(17(21)22-4-2)20(15(14)10-13)18(12-19)8-5-9-18/h6-7,10-11H,3-5,8-9H2,1-2H3. The van der Waals surface area contributed by atoms with Gasteiger partial charge in [0.1, 0.15) is 11.2 Å². The molecule has 1 saturated carbocycles. The zero-order valence-electron chi connectivity index (χ0n) is 13.1. The zero-order valence-corrected chi connectivity index (χ0v) is 13.1. The van der Waals surface area contributed by atoms with Gasteiger partial charge in [0.25, 0.3) is 0 Å². The fourth-order valence-corrected chi connectivity index (χ4v) is 3.18. The second kappa shape index (κ2) is 5.49. The van der Waals surface area contributed by atoms with E-state index in [1.807, 2.05) is 16.7 Å². The zero-order chi connectivity index (χ0) is 15.7. The van der Waals surface area contributed by atoms with Crippen molar-refractivity contribution in [1.29, 1.82) is 5.26 Å². The first-order chi connectivity index (χ1) is 10.6. The van der Waals surface area contributed by atoms with Gasteiger partial charge in [-0.2, -0.15) is 5.26 Å². The number of ether oxygens (including phenoxy) is 1. The smallest absolute Gasteiger partial charge is 0.355 e. The molecule has 1 aliphatic carbocycles. The summed E-state index contributed by atoms with van der Waals surface area (Å²) in [6, 6.07) is 10.5. The highest BCUT2D eigenvalue weighted by molar-refractivity contribution is 5.96. The van der Waals surface area contributed by atoms with Crippen molar-refractivity contribution >= 4 is 16.9 Å². The largest absolute Gasteiger partial charge is 0.461 e. The van der Waals surface area contributed by atoms with Crippen LogP contribution >= 0.6 is 0 Å². The number of aryl methyl sites for hydroxylation is 1. The van der Waals surface area contributed by atoms with Crippen LogP contribution in [0.25, 0.3) is 10.9 Å². The summed E-state index contributed by atoms with van der Waals surface area (Å²) in [4.78, 5) is 12.3. The van der Waals surface area contributed by atoms with Crippen LogP contribution in [0.2, 0.25) is 0 Å². The number of carbonyl (C=O) groups is 1. The maximum absolute atomic E-state index is 12.3. The van der Waals surface area contributed by atoms with E-state index >= 15 is 0 Å². The van der Waals surface area contributed by atoms with Crippen LogP contribution in [0.3, 0.4) is 0 Å². The van der Waals surface area contributed by atoms with Crippen molar-refractivity contribution in [3.63, 3.8) is 0 Å². The van der Waals surface area contributed by atoms with Crippen LogP contribution in [0.15, 0.2) is 24.3 Å². The molecule has 1 aromatic heterocycles. The number of nitrogens with zero attached hydrogens (tertiary/aromatic N) is 2. The third kappa shape index (κ3) is 2.09. The van der Waals surface area contributed by atoms with Crippen molar-refractivity contribution in [1.82, 2.24) is 4.57 Å². The van der Waals surface area contributed by atoms with Gasteiger partial charge >= 0.3 is 5.97 Å². The average Bonchev–Trinajstić information content (AvgIpc) is 2.86. The lowest BCUT2D eigenvalue weighted by molar-refractivity contribution is 0.0501. The summed E-state index contributed by atoms with van der Waals surface area (Å²) >= 11 is 0. The lowest BCUT2D eigenvalue weighted by atomic mass is 9.77. The highest BCUT2D eigenvalue weighted by Gasteiger charge is 2.42. The Bertz CT molecular complexity index is 763. The van der Waals surface area contributed by atoms with Crippen LogP contribution in [0.4, 0.5) is 0 Å². The Kier molecular flexibility index (Phi) is 3.66. The molecule has 0 radical (unpaired) electrons. The Morgan fingerprint density at radius 1 is 1.36 bits per heavy atom. The van der Waals surface area contributed by atoms with Crippen LogP contribution in [0.1, 0.15) is 49.2 Å². The topological polar surface area (TPSA) is 55.0 Å². The maximum atomic E-state index is 12.3. The van der Waals surface area contributed by atoms with Crippen molar-refractivity contribution in [2.45, 2.75) is 45.1 Å². The predicted molar refractivity (Wildman–Crippen MR) is 84.7 cm³/mol. The Morgan fingerprint density at radius 3 is 2.68 bits per heavy atom. The normalized spacial score (nSPS) is 16.0. The van der Waals surface area contributed by atoms with Gasteiger partial charge in [0.15, 0.2) is 0 Å². The number of benzene rings is 1. The number of fused-ring (bicyclic) bond motifs is 1. The molecule has 0 atom stereocenters. The van der Waals surface area contributed by atoms with E-state index in [9.17, 15) is 10.1 Å². The van der Waals surface area contributed by atoms with E-state index in [4.69, 9.17) is 4.74 Å². The molecule has 0 bridgehead atoms. The van der Waals surface area contributed by atoms with E-state index in [0.29, 0.717) is 12.3 Å². The van der Waals surface area contributed by atoms with Crippen molar-refractivity contribution < 1.29 is 9.53 Å². The van der Waals surface area contributed by atoms with Crippen LogP contribution in [-0.4, -0.2) is 17.1 Å². The van der Waals surface area contributed by atoms with E-state index in [1.54, 1.807) is 6.92 Å². The summed E-state index contributed by atoms with van der Waals surface area (Å²) in [6.45, 7) is 4.23. The molecule has 2 aromatic rings. The number of esters is 1. The predicted octanol–water partition coefficient (Wildman–Crippen LogP) is 3.78. The molecule has 1 aliphatic rings. The number of hydrogen-bond donors (Lipinski definition) is 0. The van der Waals surface area contributed by atoms with E-state index in [-0.39, 0.29) is 5.97 Å². The van der Waals surface area contributed by atoms with Gasteiger partial charge in [0.2, 0.25) is 0 Å². The Hall–Kier alpha value is -2.28. The van der Waals surface area contributed by atoms with Crippen LogP contribution in [0.5, 0.6) is 0 Å². The molecule has 0 unspecified atom stereocenters. The summed E-state index contributed by atoms with van der Waals surface area (Å²) < 4.78 is 7.11. The molecule has 1 fully saturated rings. The van der Waals surface area contributed by atoms with Gasteiger partial charge < -0.3 is 9.30 Å². The highest BCUT2D eigenvalue weighted by Crippen LogP contribution is 2.42. The minimum Gasteiger partial charge on any atom is -0.461 e. The molecule has 0 spiro atoms. The lowest BCUT2D eigenvalue weighted by Gasteiger charge is -2.38. The number of aromatic nitrogens is 1. The van der Waals surface area contributed by atoms with Crippen LogP contribution < -0.4 is 0 Å². The minimum atomic E-state index is -0.601. The summed E-state index contributed by atoms with van der Waals surface area (Å²) in [5.41, 5.74) is 2.06. The third-order valence-electron chi connectivity index (χ3n) is 4.58. The minimum absolute atomic E-state index is 0.333. The molecular formula is C18H20N2O2. The molecule has 0 amide bonds. The number of rotatable bonds is 4. The second-order valence-electron chi connectivity index (χ2n) is 5.83. The molecular weight excluding hydrogens is 276 g/mol. The fraction of sp³-hybridized carbons (Fsp3) is 0.444. The molecule has 0 N–H and O–H groups in total. The Balaban J connectivity index is 2.26.